The van der Waals surface area contributed by atoms with Crippen LogP contribution < -0.4 is 5.32 Å². The average molecular weight is 333 g/mol. The van der Waals surface area contributed by atoms with Gasteiger partial charge >= 0.3 is 5.97 Å². The highest BCUT2D eigenvalue weighted by molar-refractivity contribution is 5.84. The lowest BCUT2D eigenvalue weighted by atomic mass is 9.93. The maximum absolute atomic E-state index is 11.8. The van der Waals surface area contributed by atoms with Crippen molar-refractivity contribution < 1.29 is 39.9 Å². The van der Waals surface area contributed by atoms with Crippen molar-refractivity contribution in [2.75, 3.05) is 6.61 Å². The maximum atomic E-state index is 11.8. The molecule has 132 valence electrons. The molecular formula is C14H23NO8. The molecule has 1 amide bonds. The van der Waals surface area contributed by atoms with E-state index in [1.54, 1.807) is 0 Å². The summed E-state index contributed by atoms with van der Waals surface area (Å²) in [7, 11) is 0. The molecular weight excluding hydrogens is 310 g/mol. The van der Waals surface area contributed by atoms with Crippen LogP contribution in [0.4, 0.5) is 0 Å². The Morgan fingerprint density at radius 3 is 2.57 bits per heavy atom. The SMILES string of the molecule is CCCCC(=O)N[C@H]1[C@H]([C@H](O)[C@H](O)CO)OC(C(=O)O)=C[C@@H]1O. The van der Waals surface area contributed by atoms with Gasteiger partial charge in [0.25, 0.3) is 0 Å². The molecule has 0 aromatic carbocycles. The first kappa shape index (κ1) is 19.4. The van der Waals surface area contributed by atoms with Crippen LogP contribution in [0.2, 0.25) is 0 Å². The van der Waals surface area contributed by atoms with Crippen LogP contribution in [0.15, 0.2) is 11.8 Å². The van der Waals surface area contributed by atoms with E-state index in [0.29, 0.717) is 6.42 Å². The second kappa shape index (κ2) is 8.82. The molecule has 0 bridgehead atoms. The minimum absolute atomic E-state index is 0.195. The summed E-state index contributed by atoms with van der Waals surface area (Å²) in [6.45, 7) is 1.11. The minimum Gasteiger partial charge on any atom is -0.478 e. The van der Waals surface area contributed by atoms with Crippen molar-refractivity contribution in [2.45, 2.75) is 56.6 Å². The molecule has 1 heterocycles. The predicted octanol–water partition coefficient (Wildman–Crippen LogP) is -1.90. The third-order valence-electron chi connectivity index (χ3n) is 3.52. The zero-order chi connectivity index (χ0) is 17.6. The smallest absolute Gasteiger partial charge is 0.370 e. The van der Waals surface area contributed by atoms with Gasteiger partial charge in [-0.25, -0.2) is 4.79 Å². The molecule has 1 rings (SSSR count). The molecule has 0 radical (unpaired) electrons. The normalized spacial score (nSPS) is 26.7. The van der Waals surface area contributed by atoms with Gasteiger partial charge in [0, 0.05) is 6.42 Å². The lowest BCUT2D eigenvalue weighted by Crippen LogP contribution is -2.60. The Bertz CT molecular complexity index is 452. The number of nitrogens with one attached hydrogen (secondary N) is 1. The second-order valence-electron chi connectivity index (χ2n) is 5.35. The Labute approximate surface area is 133 Å². The van der Waals surface area contributed by atoms with Crippen molar-refractivity contribution in [1.82, 2.24) is 5.32 Å². The van der Waals surface area contributed by atoms with Crippen molar-refractivity contribution in [3.8, 4) is 0 Å². The van der Waals surface area contributed by atoms with Crippen molar-refractivity contribution in [2.24, 2.45) is 0 Å². The number of aliphatic hydroxyl groups is 4. The van der Waals surface area contributed by atoms with E-state index in [1.807, 2.05) is 6.92 Å². The summed E-state index contributed by atoms with van der Waals surface area (Å²) in [5.41, 5.74) is 0. The van der Waals surface area contributed by atoms with Crippen LogP contribution in [-0.2, 0) is 14.3 Å². The first-order valence-electron chi connectivity index (χ1n) is 7.38. The average Bonchev–Trinajstić information content (AvgIpc) is 2.52. The number of aliphatic carboxylic acids is 1. The first-order valence-corrected chi connectivity index (χ1v) is 7.38. The number of hydrogen-bond acceptors (Lipinski definition) is 7. The van der Waals surface area contributed by atoms with Gasteiger partial charge in [-0.15, -0.1) is 0 Å². The van der Waals surface area contributed by atoms with Crippen molar-refractivity contribution in [1.29, 1.82) is 0 Å². The molecule has 0 unspecified atom stereocenters. The minimum atomic E-state index is -1.70. The number of ether oxygens (including phenoxy) is 1. The van der Waals surface area contributed by atoms with Gasteiger partial charge in [0.05, 0.1) is 12.6 Å². The van der Waals surface area contributed by atoms with Crippen molar-refractivity contribution in [3.05, 3.63) is 11.8 Å². The van der Waals surface area contributed by atoms with E-state index in [0.717, 1.165) is 12.5 Å². The van der Waals surface area contributed by atoms with Crippen LogP contribution in [0.3, 0.4) is 0 Å². The van der Waals surface area contributed by atoms with Gasteiger partial charge in [-0.1, -0.05) is 13.3 Å². The summed E-state index contributed by atoms with van der Waals surface area (Å²) >= 11 is 0. The molecule has 0 saturated heterocycles. The van der Waals surface area contributed by atoms with Crippen LogP contribution in [0.5, 0.6) is 0 Å². The number of carboxylic acids is 1. The third kappa shape index (κ3) is 5.17. The highest BCUT2D eigenvalue weighted by Crippen LogP contribution is 2.23. The predicted molar refractivity (Wildman–Crippen MR) is 77.2 cm³/mol. The van der Waals surface area contributed by atoms with Crippen LogP contribution in [0.25, 0.3) is 0 Å². The molecule has 9 heteroatoms. The lowest BCUT2D eigenvalue weighted by Gasteiger charge is -2.38. The summed E-state index contributed by atoms with van der Waals surface area (Å²) in [5, 5.41) is 49.9. The number of hydrogen-bond donors (Lipinski definition) is 6. The zero-order valence-corrected chi connectivity index (χ0v) is 12.8. The van der Waals surface area contributed by atoms with E-state index in [1.165, 1.54) is 0 Å². The molecule has 0 aromatic rings. The number of carbonyl (C=O) groups excluding carboxylic acids is 1. The Morgan fingerprint density at radius 2 is 2.04 bits per heavy atom. The first-order chi connectivity index (χ1) is 10.8. The number of carbonyl (C=O) groups is 2. The second-order valence-corrected chi connectivity index (χ2v) is 5.35. The van der Waals surface area contributed by atoms with Gasteiger partial charge in [0.1, 0.15) is 18.3 Å². The van der Waals surface area contributed by atoms with E-state index in [9.17, 15) is 24.9 Å². The molecule has 0 spiro atoms. The molecule has 1 aliphatic rings. The Kier molecular flexibility index (Phi) is 7.43. The fraction of sp³-hybridized carbons (Fsp3) is 0.714. The van der Waals surface area contributed by atoms with Gasteiger partial charge in [0.15, 0.2) is 6.10 Å². The molecule has 0 saturated carbocycles. The van der Waals surface area contributed by atoms with E-state index in [-0.39, 0.29) is 6.42 Å². The maximum Gasteiger partial charge on any atom is 0.370 e. The van der Waals surface area contributed by atoms with Gasteiger partial charge in [-0.2, -0.15) is 0 Å². The van der Waals surface area contributed by atoms with Crippen LogP contribution in [0.1, 0.15) is 26.2 Å². The summed E-state index contributed by atoms with van der Waals surface area (Å²) in [6.07, 6.45) is -3.65. The van der Waals surface area contributed by atoms with E-state index >= 15 is 0 Å². The molecule has 9 nitrogen and oxygen atoms in total. The number of aliphatic hydroxyl groups excluding tert-OH is 4. The third-order valence-corrected chi connectivity index (χ3v) is 3.52. The number of unbranched alkanes of at least 4 members (excludes halogenated alkanes) is 1. The van der Waals surface area contributed by atoms with Crippen molar-refractivity contribution in [3.63, 3.8) is 0 Å². The molecule has 6 N–H and O–H groups in total. The Morgan fingerprint density at radius 1 is 1.39 bits per heavy atom. The number of rotatable bonds is 8. The largest absolute Gasteiger partial charge is 0.478 e. The molecule has 0 fully saturated rings. The van der Waals surface area contributed by atoms with Crippen LogP contribution in [0, 0.1) is 0 Å². The summed E-state index contributed by atoms with van der Waals surface area (Å²) in [6, 6.07) is -1.15. The fourth-order valence-electron chi connectivity index (χ4n) is 2.21. The van der Waals surface area contributed by atoms with Crippen molar-refractivity contribution >= 4 is 11.9 Å². The van der Waals surface area contributed by atoms with E-state index in [2.05, 4.69) is 5.32 Å². The molecule has 0 aromatic heterocycles. The van der Waals surface area contributed by atoms with Crippen LogP contribution in [-0.4, -0.2) is 74.5 Å². The van der Waals surface area contributed by atoms with Gasteiger partial charge in [0.2, 0.25) is 11.7 Å². The fourth-order valence-corrected chi connectivity index (χ4v) is 2.21. The highest BCUT2D eigenvalue weighted by atomic mass is 16.5. The lowest BCUT2D eigenvalue weighted by molar-refractivity contribution is -0.149. The Hall–Kier alpha value is -1.68. The summed E-state index contributed by atoms with van der Waals surface area (Å²) < 4.78 is 5.09. The quantitative estimate of drug-likeness (QED) is 0.301. The zero-order valence-electron chi connectivity index (χ0n) is 12.8. The molecule has 0 aliphatic carbocycles. The molecule has 23 heavy (non-hydrogen) atoms. The standard InChI is InChI=1S/C14H23NO8/c1-2-3-4-10(19)15-11-7(17)5-9(14(21)22)23-13(11)12(20)8(18)6-16/h5,7-8,11-13,16-18,20H,2-4,6H2,1H3,(H,15,19)(H,21,22)/t7-,8+,11+,12+,13+/m0/s1. The molecule has 1 aliphatic heterocycles. The van der Waals surface area contributed by atoms with Crippen LogP contribution >= 0.6 is 0 Å². The Balaban J connectivity index is 2.96. The highest BCUT2D eigenvalue weighted by Gasteiger charge is 2.43. The summed E-state index contributed by atoms with van der Waals surface area (Å²) in [5.74, 6) is -2.47. The van der Waals surface area contributed by atoms with E-state index in [4.69, 9.17) is 14.9 Å². The van der Waals surface area contributed by atoms with Gasteiger partial charge < -0.3 is 35.6 Å². The topological polar surface area (TPSA) is 157 Å². The number of amides is 1. The number of carboxylic acid groups (broad SMARTS) is 1. The molecule has 5 atom stereocenters. The van der Waals surface area contributed by atoms with Gasteiger partial charge in [-0.05, 0) is 12.5 Å². The van der Waals surface area contributed by atoms with E-state index < -0.39 is 54.7 Å². The summed E-state index contributed by atoms with van der Waals surface area (Å²) in [4.78, 5) is 22.8. The van der Waals surface area contributed by atoms with Gasteiger partial charge in [-0.3, -0.25) is 4.79 Å². The monoisotopic (exact) mass is 333 g/mol.